The van der Waals surface area contributed by atoms with Crippen LogP contribution in [0.2, 0.25) is 0 Å². The molecule has 0 aliphatic carbocycles. The van der Waals surface area contributed by atoms with Crippen LogP contribution in [0.25, 0.3) is 11.1 Å². The first-order valence-electron chi connectivity index (χ1n) is 5.31. The number of aromatic nitrogens is 1. The van der Waals surface area contributed by atoms with Crippen molar-refractivity contribution in [1.82, 2.24) is 4.98 Å². The molecule has 2 rings (SSSR count). The van der Waals surface area contributed by atoms with Crippen molar-refractivity contribution in [3.63, 3.8) is 0 Å². The highest BCUT2D eigenvalue weighted by Gasteiger charge is 2.18. The highest BCUT2D eigenvalue weighted by molar-refractivity contribution is 7.78. The third-order valence-corrected chi connectivity index (χ3v) is 2.65. The van der Waals surface area contributed by atoms with E-state index < -0.39 is 5.97 Å². The van der Waals surface area contributed by atoms with Gasteiger partial charge in [0.25, 0.3) is 0 Å². The number of halogens is 1. The number of methoxy groups -OCH3 is 1. The average Bonchev–Trinajstić information content (AvgIpc) is 2.83. The molecule has 0 atom stereocenters. The number of carbonyl (C=O) groups is 1. The predicted molar refractivity (Wildman–Crippen MR) is 72.2 cm³/mol. The Bertz CT molecular complexity index is 658. The van der Waals surface area contributed by atoms with Crippen molar-refractivity contribution < 1.29 is 13.9 Å². The molecule has 0 fully saturated rings. The van der Waals surface area contributed by atoms with E-state index in [0.717, 1.165) is 0 Å². The van der Waals surface area contributed by atoms with E-state index in [1.165, 1.54) is 19.2 Å². The molecular weight excluding hydrogens is 267 g/mol. The molecule has 0 amide bonds. The minimum absolute atomic E-state index is 0.180. The Labute approximate surface area is 113 Å². The summed E-state index contributed by atoms with van der Waals surface area (Å²) in [4.78, 5) is 18.2. The maximum absolute atomic E-state index is 12.9. The SMILES string of the molecule is COC(=O)c1[nH]cc(-c2ccc(F)cc2)c1N=C=S. The molecule has 2 aromatic rings. The number of benzene rings is 1. The third-order valence-electron chi connectivity index (χ3n) is 2.55. The topological polar surface area (TPSA) is 54.5 Å². The molecule has 96 valence electrons. The van der Waals surface area contributed by atoms with Crippen molar-refractivity contribution in [2.24, 2.45) is 4.99 Å². The van der Waals surface area contributed by atoms with Crippen LogP contribution in [0.5, 0.6) is 0 Å². The highest BCUT2D eigenvalue weighted by Crippen LogP contribution is 2.33. The van der Waals surface area contributed by atoms with Gasteiger partial charge in [0.2, 0.25) is 0 Å². The van der Waals surface area contributed by atoms with Gasteiger partial charge in [0.1, 0.15) is 11.5 Å². The van der Waals surface area contributed by atoms with Gasteiger partial charge in [-0.05, 0) is 29.9 Å². The van der Waals surface area contributed by atoms with Gasteiger partial charge >= 0.3 is 5.97 Å². The van der Waals surface area contributed by atoms with Gasteiger partial charge in [-0.1, -0.05) is 12.1 Å². The van der Waals surface area contributed by atoms with Crippen LogP contribution < -0.4 is 0 Å². The number of isothiocyanates is 1. The number of H-pyrrole nitrogens is 1. The van der Waals surface area contributed by atoms with Crippen LogP contribution in [0, 0.1) is 5.82 Å². The zero-order chi connectivity index (χ0) is 13.8. The normalized spacial score (nSPS) is 9.79. The molecule has 0 saturated heterocycles. The number of thiocarbonyl (C=S) groups is 1. The number of aromatic amines is 1. The van der Waals surface area contributed by atoms with Crippen LogP contribution in [-0.2, 0) is 4.74 Å². The van der Waals surface area contributed by atoms with Crippen molar-refractivity contribution in [2.75, 3.05) is 7.11 Å². The molecule has 0 spiro atoms. The van der Waals surface area contributed by atoms with E-state index in [1.807, 2.05) is 0 Å². The van der Waals surface area contributed by atoms with E-state index in [-0.39, 0.29) is 11.5 Å². The molecule has 1 aromatic heterocycles. The molecule has 6 heteroatoms. The zero-order valence-corrected chi connectivity index (χ0v) is 10.8. The van der Waals surface area contributed by atoms with Gasteiger partial charge in [-0.2, -0.15) is 4.99 Å². The first kappa shape index (κ1) is 13.1. The van der Waals surface area contributed by atoms with E-state index in [1.54, 1.807) is 18.3 Å². The number of hydrogen-bond acceptors (Lipinski definition) is 4. The Hall–Kier alpha value is -2.30. The third kappa shape index (κ3) is 2.59. The lowest BCUT2D eigenvalue weighted by Crippen LogP contribution is -2.01. The van der Waals surface area contributed by atoms with E-state index in [9.17, 15) is 9.18 Å². The number of ether oxygens (including phenoxy) is 1. The summed E-state index contributed by atoms with van der Waals surface area (Å²) >= 11 is 4.57. The summed E-state index contributed by atoms with van der Waals surface area (Å²) in [5.41, 5.74) is 1.84. The molecule has 0 unspecified atom stereocenters. The van der Waals surface area contributed by atoms with E-state index in [4.69, 9.17) is 0 Å². The van der Waals surface area contributed by atoms with Crippen LogP contribution >= 0.6 is 12.2 Å². The number of hydrogen-bond donors (Lipinski definition) is 1. The first-order chi connectivity index (χ1) is 9.17. The number of aliphatic imine (C=N–C) groups is 1. The lowest BCUT2D eigenvalue weighted by atomic mass is 10.1. The maximum Gasteiger partial charge on any atom is 0.356 e. The Kier molecular flexibility index (Phi) is 3.85. The van der Waals surface area contributed by atoms with Gasteiger partial charge in [-0.15, -0.1) is 0 Å². The molecule has 4 nitrogen and oxygen atoms in total. The number of nitrogens with one attached hydrogen (secondary N) is 1. The van der Waals surface area contributed by atoms with Gasteiger partial charge in [0.05, 0.1) is 12.3 Å². The van der Waals surface area contributed by atoms with E-state index in [0.29, 0.717) is 16.8 Å². The van der Waals surface area contributed by atoms with E-state index >= 15 is 0 Å². The second kappa shape index (κ2) is 5.56. The number of carbonyl (C=O) groups excluding carboxylic acids is 1. The van der Waals surface area contributed by atoms with E-state index in [2.05, 4.69) is 32.1 Å². The first-order valence-corrected chi connectivity index (χ1v) is 5.71. The summed E-state index contributed by atoms with van der Waals surface area (Å²) < 4.78 is 17.5. The van der Waals surface area contributed by atoms with Crippen molar-refractivity contribution in [1.29, 1.82) is 0 Å². The molecule has 1 aromatic carbocycles. The second-order valence-electron chi connectivity index (χ2n) is 3.63. The van der Waals surface area contributed by atoms with Gasteiger partial charge < -0.3 is 9.72 Å². The van der Waals surface area contributed by atoms with Crippen LogP contribution in [-0.4, -0.2) is 23.2 Å². The quantitative estimate of drug-likeness (QED) is 0.531. The van der Waals surface area contributed by atoms with Gasteiger partial charge in [0.15, 0.2) is 5.69 Å². The molecule has 1 heterocycles. The number of nitrogens with zero attached hydrogens (tertiary/aromatic N) is 1. The largest absolute Gasteiger partial charge is 0.464 e. The summed E-state index contributed by atoms with van der Waals surface area (Å²) in [6, 6.07) is 5.82. The molecule has 0 aliphatic heterocycles. The average molecular weight is 276 g/mol. The van der Waals surface area contributed by atoms with Crippen molar-refractivity contribution in [3.8, 4) is 11.1 Å². The van der Waals surface area contributed by atoms with Gasteiger partial charge in [0, 0.05) is 11.8 Å². The minimum atomic E-state index is -0.558. The highest BCUT2D eigenvalue weighted by atomic mass is 32.1. The molecule has 0 radical (unpaired) electrons. The number of esters is 1. The zero-order valence-electron chi connectivity index (χ0n) is 9.94. The van der Waals surface area contributed by atoms with Crippen LogP contribution in [0.15, 0.2) is 35.5 Å². The lowest BCUT2D eigenvalue weighted by molar-refractivity contribution is 0.0596. The lowest BCUT2D eigenvalue weighted by Gasteiger charge is -2.01. The molecular formula is C13H9FN2O2S. The van der Waals surface area contributed by atoms with Crippen molar-refractivity contribution in [3.05, 3.63) is 42.0 Å². The van der Waals surface area contributed by atoms with Crippen molar-refractivity contribution in [2.45, 2.75) is 0 Å². The summed E-state index contributed by atoms with van der Waals surface area (Å²) in [7, 11) is 1.27. The summed E-state index contributed by atoms with van der Waals surface area (Å²) in [5, 5.41) is 2.22. The standard InChI is InChI=1S/C13H9FN2O2S/c1-18-13(17)12-11(16-7-19)10(6-15-12)8-2-4-9(14)5-3-8/h2-6,15H,1H3. The minimum Gasteiger partial charge on any atom is -0.464 e. The number of rotatable bonds is 3. The molecule has 19 heavy (non-hydrogen) atoms. The predicted octanol–water partition coefficient (Wildman–Crippen LogP) is 3.34. The molecule has 0 bridgehead atoms. The Balaban J connectivity index is 2.57. The summed E-state index contributed by atoms with van der Waals surface area (Å²) in [5.74, 6) is -0.898. The Morgan fingerprint density at radius 2 is 2.11 bits per heavy atom. The van der Waals surface area contributed by atoms with Crippen LogP contribution in [0.1, 0.15) is 10.5 Å². The monoisotopic (exact) mass is 276 g/mol. The Morgan fingerprint density at radius 3 is 2.68 bits per heavy atom. The second-order valence-corrected chi connectivity index (χ2v) is 3.81. The fourth-order valence-electron chi connectivity index (χ4n) is 1.68. The Morgan fingerprint density at radius 1 is 1.42 bits per heavy atom. The molecule has 0 aliphatic rings. The fourth-order valence-corrected chi connectivity index (χ4v) is 1.78. The molecule has 0 saturated carbocycles. The van der Waals surface area contributed by atoms with Crippen LogP contribution in [0.3, 0.4) is 0 Å². The van der Waals surface area contributed by atoms with Gasteiger partial charge in [-0.25, -0.2) is 9.18 Å². The summed E-state index contributed by atoms with van der Waals surface area (Å²) in [6.07, 6.45) is 1.59. The smallest absolute Gasteiger partial charge is 0.356 e. The van der Waals surface area contributed by atoms with Crippen LogP contribution in [0.4, 0.5) is 10.1 Å². The summed E-state index contributed by atoms with van der Waals surface area (Å²) in [6.45, 7) is 0. The van der Waals surface area contributed by atoms with Gasteiger partial charge in [-0.3, -0.25) is 0 Å². The maximum atomic E-state index is 12.9. The molecule has 1 N–H and O–H groups in total. The van der Waals surface area contributed by atoms with Crippen molar-refractivity contribution >= 4 is 29.0 Å². The fraction of sp³-hybridized carbons (Fsp3) is 0.0769.